The van der Waals surface area contributed by atoms with Crippen molar-refractivity contribution in [3.8, 4) is 0 Å². The van der Waals surface area contributed by atoms with Gasteiger partial charge in [0.1, 0.15) is 0 Å². The molecule has 3 rings (SSSR count). The lowest BCUT2D eigenvalue weighted by molar-refractivity contribution is -0.150. The molecule has 1 amide bonds. The first-order valence-electron chi connectivity index (χ1n) is 8.29. The fourth-order valence-corrected chi connectivity index (χ4v) is 3.69. The van der Waals surface area contributed by atoms with Gasteiger partial charge in [0.25, 0.3) is 0 Å². The molecule has 5 nitrogen and oxygen atoms in total. The molecule has 1 aromatic carbocycles. The van der Waals surface area contributed by atoms with Gasteiger partial charge in [0.05, 0.1) is 5.41 Å². The molecule has 23 heavy (non-hydrogen) atoms. The summed E-state index contributed by atoms with van der Waals surface area (Å²) in [5.74, 6) is -0.583. The first-order chi connectivity index (χ1) is 11.1. The first-order valence-corrected chi connectivity index (χ1v) is 8.29. The van der Waals surface area contributed by atoms with Gasteiger partial charge in [0.15, 0.2) is 0 Å². The zero-order chi connectivity index (χ0) is 16.3. The van der Waals surface area contributed by atoms with Crippen molar-refractivity contribution in [2.75, 3.05) is 26.3 Å². The highest BCUT2D eigenvalue weighted by Crippen LogP contribution is 2.36. The number of ether oxygens (including phenoxy) is 1. The number of likely N-dealkylation sites (tertiary alicyclic amines) is 1. The van der Waals surface area contributed by atoms with Crippen LogP contribution in [0.4, 0.5) is 0 Å². The molecule has 1 N–H and O–H groups in total. The minimum Gasteiger partial charge on any atom is -0.481 e. The largest absolute Gasteiger partial charge is 0.481 e. The van der Waals surface area contributed by atoms with Gasteiger partial charge in [-0.05, 0) is 31.2 Å². The van der Waals surface area contributed by atoms with Gasteiger partial charge in [0, 0.05) is 32.2 Å². The second-order valence-electron chi connectivity index (χ2n) is 6.47. The van der Waals surface area contributed by atoms with Gasteiger partial charge in [-0.3, -0.25) is 9.59 Å². The Morgan fingerprint density at radius 3 is 2.26 bits per heavy atom. The SMILES string of the molecule is O=C(C1CCOCC1)N1CCC(C(=O)O)(c2ccccc2)CC1. The third-order valence-electron chi connectivity index (χ3n) is 5.23. The number of piperidine rings is 1. The zero-order valence-electron chi connectivity index (χ0n) is 13.2. The van der Waals surface area contributed by atoms with E-state index in [2.05, 4.69) is 0 Å². The Hall–Kier alpha value is -1.88. The molecular weight excluding hydrogens is 294 g/mol. The topological polar surface area (TPSA) is 66.8 Å². The van der Waals surface area contributed by atoms with Crippen LogP contribution in [-0.2, 0) is 19.7 Å². The van der Waals surface area contributed by atoms with Crippen molar-refractivity contribution in [3.63, 3.8) is 0 Å². The molecule has 1 aromatic rings. The lowest BCUT2D eigenvalue weighted by Crippen LogP contribution is -2.50. The molecule has 0 unspecified atom stereocenters. The summed E-state index contributed by atoms with van der Waals surface area (Å²) in [7, 11) is 0. The Labute approximate surface area is 136 Å². The normalized spacial score (nSPS) is 21.8. The minimum atomic E-state index is -0.867. The van der Waals surface area contributed by atoms with Crippen LogP contribution in [0.5, 0.6) is 0 Å². The van der Waals surface area contributed by atoms with E-state index in [4.69, 9.17) is 4.74 Å². The number of carboxylic acids is 1. The van der Waals surface area contributed by atoms with Crippen molar-refractivity contribution in [1.29, 1.82) is 0 Å². The zero-order valence-corrected chi connectivity index (χ0v) is 13.2. The fraction of sp³-hybridized carbons (Fsp3) is 0.556. The van der Waals surface area contributed by atoms with Gasteiger partial charge in [-0.25, -0.2) is 0 Å². The maximum Gasteiger partial charge on any atom is 0.314 e. The third-order valence-corrected chi connectivity index (χ3v) is 5.23. The molecule has 0 bridgehead atoms. The van der Waals surface area contributed by atoms with E-state index in [1.165, 1.54) is 0 Å². The third kappa shape index (κ3) is 3.11. The van der Waals surface area contributed by atoms with E-state index in [1.807, 2.05) is 35.2 Å². The molecule has 2 aliphatic rings. The van der Waals surface area contributed by atoms with Crippen LogP contribution in [0.25, 0.3) is 0 Å². The monoisotopic (exact) mass is 317 g/mol. The van der Waals surface area contributed by atoms with E-state index in [0.717, 1.165) is 18.4 Å². The van der Waals surface area contributed by atoms with Crippen molar-refractivity contribution in [3.05, 3.63) is 35.9 Å². The number of benzene rings is 1. The highest BCUT2D eigenvalue weighted by Gasteiger charge is 2.44. The van der Waals surface area contributed by atoms with E-state index in [1.54, 1.807) is 0 Å². The van der Waals surface area contributed by atoms with Crippen LogP contribution in [0.15, 0.2) is 30.3 Å². The number of carbonyl (C=O) groups is 2. The summed E-state index contributed by atoms with van der Waals surface area (Å²) >= 11 is 0. The number of hydrogen-bond donors (Lipinski definition) is 1. The van der Waals surface area contributed by atoms with Crippen LogP contribution in [0.2, 0.25) is 0 Å². The minimum absolute atomic E-state index is 0.0396. The molecule has 124 valence electrons. The number of carboxylic acid groups (broad SMARTS) is 1. The summed E-state index contributed by atoms with van der Waals surface area (Å²) in [6.07, 6.45) is 2.50. The highest BCUT2D eigenvalue weighted by molar-refractivity contribution is 5.83. The van der Waals surface area contributed by atoms with Crippen LogP contribution < -0.4 is 0 Å². The molecular formula is C18H23NO4. The van der Waals surface area contributed by atoms with Crippen molar-refractivity contribution in [1.82, 2.24) is 4.90 Å². The molecule has 0 spiro atoms. The molecule has 5 heteroatoms. The van der Waals surface area contributed by atoms with Crippen LogP contribution in [0, 0.1) is 5.92 Å². The standard InChI is InChI=1S/C18H23NO4/c20-16(14-6-12-23-13-7-14)19-10-8-18(9-11-19,17(21)22)15-4-2-1-3-5-15/h1-5,14H,6-13H2,(H,21,22). The Kier molecular flexibility index (Phi) is 4.66. The van der Waals surface area contributed by atoms with E-state index in [9.17, 15) is 14.7 Å². The number of nitrogens with zero attached hydrogens (tertiary/aromatic N) is 1. The van der Waals surface area contributed by atoms with Gasteiger partial charge in [-0.1, -0.05) is 30.3 Å². The molecule has 2 saturated heterocycles. The lowest BCUT2D eigenvalue weighted by Gasteiger charge is -2.40. The summed E-state index contributed by atoms with van der Waals surface area (Å²) in [5, 5.41) is 9.80. The number of aliphatic carboxylic acids is 1. The summed E-state index contributed by atoms with van der Waals surface area (Å²) in [6.45, 7) is 2.31. The molecule has 0 saturated carbocycles. The number of carbonyl (C=O) groups excluding carboxylic acids is 1. The van der Waals surface area contributed by atoms with Crippen molar-refractivity contribution < 1.29 is 19.4 Å². The fourth-order valence-electron chi connectivity index (χ4n) is 3.69. The smallest absolute Gasteiger partial charge is 0.314 e. The van der Waals surface area contributed by atoms with E-state index in [0.29, 0.717) is 39.1 Å². The molecule has 0 radical (unpaired) electrons. The molecule has 2 aliphatic heterocycles. The Morgan fingerprint density at radius 1 is 1.09 bits per heavy atom. The van der Waals surface area contributed by atoms with E-state index < -0.39 is 11.4 Å². The highest BCUT2D eigenvalue weighted by atomic mass is 16.5. The van der Waals surface area contributed by atoms with Crippen molar-refractivity contribution >= 4 is 11.9 Å². The predicted molar refractivity (Wildman–Crippen MR) is 85.1 cm³/mol. The number of amides is 1. The molecule has 0 atom stereocenters. The summed E-state index contributed by atoms with van der Waals surface area (Å²) in [4.78, 5) is 26.4. The lowest BCUT2D eigenvalue weighted by atomic mass is 9.72. The average molecular weight is 317 g/mol. The van der Waals surface area contributed by atoms with Gasteiger partial charge < -0.3 is 14.7 Å². The van der Waals surface area contributed by atoms with Crippen molar-refractivity contribution in [2.24, 2.45) is 5.92 Å². The average Bonchev–Trinajstić information content (AvgIpc) is 2.62. The first kappa shape index (κ1) is 16.0. The molecule has 2 heterocycles. The summed E-state index contributed by atoms with van der Waals surface area (Å²) < 4.78 is 5.31. The van der Waals surface area contributed by atoms with Crippen LogP contribution in [0.1, 0.15) is 31.2 Å². The molecule has 0 aromatic heterocycles. The second-order valence-corrected chi connectivity index (χ2v) is 6.47. The van der Waals surface area contributed by atoms with E-state index >= 15 is 0 Å². The van der Waals surface area contributed by atoms with Gasteiger partial charge in [-0.2, -0.15) is 0 Å². The van der Waals surface area contributed by atoms with Gasteiger partial charge in [0.2, 0.25) is 5.91 Å². The maximum absolute atomic E-state index is 12.6. The van der Waals surface area contributed by atoms with Gasteiger partial charge >= 0.3 is 5.97 Å². The number of rotatable bonds is 3. The van der Waals surface area contributed by atoms with Crippen LogP contribution in [0.3, 0.4) is 0 Å². The second kappa shape index (κ2) is 6.71. The maximum atomic E-state index is 12.6. The molecule has 0 aliphatic carbocycles. The number of hydrogen-bond acceptors (Lipinski definition) is 3. The predicted octanol–water partition coefficient (Wildman–Crippen LogP) is 2.06. The summed E-state index contributed by atoms with van der Waals surface area (Å²) in [6, 6.07) is 9.40. The van der Waals surface area contributed by atoms with Crippen molar-refractivity contribution in [2.45, 2.75) is 31.1 Å². The van der Waals surface area contributed by atoms with E-state index in [-0.39, 0.29) is 11.8 Å². The summed E-state index contributed by atoms with van der Waals surface area (Å²) in [5.41, 5.74) is -0.0288. The van der Waals surface area contributed by atoms with Crippen LogP contribution in [-0.4, -0.2) is 48.2 Å². The molecule has 2 fully saturated rings. The van der Waals surface area contributed by atoms with Gasteiger partial charge in [-0.15, -0.1) is 0 Å². The Morgan fingerprint density at radius 2 is 1.70 bits per heavy atom. The quantitative estimate of drug-likeness (QED) is 0.926. The Bertz CT molecular complexity index is 558. The van der Waals surface area contributed by atoms with Crippen LogP contribution >= 0.6 is 0 Å². The Balaban J connectivity index is 1.70.